The second-order valence-electron chi connectivity index (χ2n) is 5.61. The van der Waals surface area contributed by atoms with Gasteiger partial charge in [-0.05, 0) is 44.0 Å². The number of piperidine rings is 1. The zero-order valence-corrected chi connectivity index (χ0v) is 12.7. The van der Waals surface area contributed by atoms with Crippen LogP contribution in [0.4, 0.5) is 13.2 Å². The first-order chi connectivity index (χ1) is 10.9. The number of ether oxygens (including phenoxy) is 1. The Morgan fingerprint density at radius 1 is 1.35 bits per heavy atom. The van der Waals surface area contributed by atoms with Crippen molar-refractivity contribution in [3.8, 4) is 5.75 Å². The van der Waals surface area contributed by atoms with Crippen LogP contribution in [-0.2, 0) is 11.0 Å². The lowest BCUT2D eigenvalue weighted by Crippen LogP contribution is -2.45. The lowest BCUT2D eigenvalue weighted by molar-refractivity contribution is -0.144. The van der Waals surface area contributed by atoms with Crippen LogP contribution >= 0.6 is 0 Å². The number of aliphatic carboxylic acids is 1. The monoisotopic (exact) mass is 331 g/mol. The lowest BCUT2D eigenvalue weighted by Gasteiger charge is -2.32. The van der Waals surface area contributed by atoms with Gasteiger partial charge in [0.25, 0.3) is 0 Å². The maximum absolute atomic E-state index is 12.6. The molecule has 0 aromatic heterocycles. The third-order valence-corrected chi connectivity index (χ3v) is 3.92. The van der Waals surface area contributed by atoms with Gasteiger partial charge in [0, 0.05) is 6.54 Å². The third-order valence-electron chi connectivity index (χ3n) is 3.92. The van der Waals surface area contributed by atoms with Crippen molar-refractivity contribution in [3.63, 3.8) is 0 Å². The van der Waals surface area contributed by atoms with Gasteiger partial charge < -0.3 is 9.84 Å². The molecule has 0 bridgehead atoms. The fraction of sp³-hybridized carbons (Fsp3) is 0.562. The lowest BCUT2D eigenvalue weighted by atomic mass is 10.0. The molecule has 1 aromatic rings. The predicted molar refractivity (Wildman–Crippen MR) is 78.4 cm³/mol. The standard InChI is InChI=1S/C16H20F3NO3/c17-16(18,19)12-5-3-6-13(11-12)23-10-4-9-20-8-2-1-7-14(20)15(21)22/h3,5-6,11,14H,1-2,4,7-10H2,(H,21,22). The van der Waals surface area contributed by atoms with Gasteiger partial charge in [0.15, 0.2) is 0 Å². The van der Waals surface area contributed by atoms with Crippen LogP contribution in [0, 0.1) is 0 Å². The summed E-state index contributed by atoms with van der Waals surface area (Å²) >= 11 is 0. The van der Waals surface area contributed by atoms with Gasteiger partial charge in [-0.15, -0.1) is 0 Å². The van der Waals surface area contributed by atoms with E-state index >= 15 is 0 Å². The second kappa shape index (κ2) is 7.68. The Bertz CT molecular complexity index is 534. The Morgan fingerprint density at radius 2 is 2.13 bits per heavy atom. The topological polar surface area (TPSA) is 49.8 Å². The number of alkyl halides is 3. The number of benzene rings is 1. The van der Waals surface area contributed by atoms with E-state index in [9.17, 15) is 23.1 Å². The third kappa shape index (κ3) is 5.13. The number of halogens is 3. The first-order valence-corrected chi connectivity index (χ1v) is 7.65. The van der Waals surface area contributed by atoms with Crippen LogP contribution in [-0.4, -0.2) is 41.7 Å². The molecule has 23 heavy (non-hydrogen) atoms. The maximum Gasteiger partial charge on any atom is 0.416 e. The highest BCUT2D eigenvalue weighted by Crippen LogP contribution is 2.31. The van der Waals surface area contributed by atoms with E-state index in [-0.39, 0.29) is 12.4 Å². The molecule has 1 fully saturated rings. The van der Waals surface area contributed by atoms with Crippen LogP contribution < -0.4 is 4.74 Å². The number of hydrogen-bond donors (Lipinski definition) is 1. The van der Waals surface area contributed by atoms with Gasteiger partial charge in [-0.3, -0.25) is 9.69 Å². The molecular formula is C16H20F3NO3. The molecule has 0 spiro atoms. The molecule has 2 rings (SSSR count). The molecule has 1 aromatic carbocycles. The molecule has 1 heterocycles. The number of carbonyl (C=O) groups is 1. The molecule has 1 aliphatic heterocycles. The predicted octanol–water partition coefficient (Wildman–Crippen LogP) is 3.41. The summed E-state index contributed by atoms with van der Waals surface area (Å²) in [5.74, 6) is -0.642. The van der Waals surface area contributed by atoms with Crippen LogP contribution in [0.25, 0.3) is 0 Å². The van der Waals surface area contributed by atoms with Gasteiger partial charge in [-0.25, -0.2) is 0 Å². The Morgan fingerprint density at radius 3 is 2.83 bits per heavy atom. The second-order valence-corrected chi connectivity index (χ2v) is 5.61. The number of likely N-dealkylation sites (tertiary alicyclic amines) is 1. The van der Waals surface area contributed by atoms with E-state index in [1.54, 1.807) is 0 Å². The summed E-state index contributed by atoms with van der Waals surface area (Å²) in [7, 11) is 0. The van der Waals surface area contributed by atoms with Gasteiger partial charge >= 0.3 is 12.1 Å². The molecule has 1 aliphatic rings. The van der Waals surface area contributed by atoms with Gasteiger partial charge in [-0.2, -0.15) is 13.2 Å². The number of nitrogens with zero attached hydrogens (tertiary/aromatic N) is 1. The van der Waals surface area contributed by atoms with E-state index < -0.39 is 23.8 Å². The van der Waals surface area contributed by atoms with Gasteiger partial charge in [0.05, 0.1) is 12.2 Å². The molecule has 4 nitrogen and oxygen atoms in total. The summed E-state index contributed by atoms with van der Waals surface area (Å²) in [6, 6.07) is 4.30. The molecule has 1 N–H and O–H groups in total. The fourth-order valence-electron chi connectivity index (χ4n) is 2.76. The van der Waals surface area contributed by atoms with Crippen LogP contribution in [0.1, 0.15) is 31.2 Å². The molecule has 0 aliphatic carbocycles. The van der Waals surface area contributed by atoms with Crippen LogP contribution in [0.3, 0.4) is 0 Å². The summed E-state index contributed by atoms with van der Waals surface area (Å²) in [5, 5.41) is 9.17. The van der Waals surface area contributed by atoms with Crippen molar-refractivity contribution in [1.82, 2.24) is 4.90 Å². The molecule has 0 saturated carbocycles. The quantitative estimate of drug-likeness (QED) is 0.812. The largest absolute Gasteiger partial charge is 0.494 e. The molecule has 0 radical (unpaired) electrons. The van der Waals surface area contributed by atoms with E-state index in [1.807, 2.05) is 4.90 Å². The Labute approximate surface area is 132 Å². The number of rotatable bonds is 6. The Kier molecular flexibility index (Phi) is 5.87. The van der Waals surface area contributed by atoms with E-state index in [0.717, 1.165) is 31.5 Å². The highest BCUT2D eigenvalue weighted by atomic mass is 19.4. The zero-order valence-electron chi connectivity index (χ0n) is 12.7. The van der Waals surface area contributed by atoms with Crippen LogP contribution in [0.15, 0.2) is 24.3 Å². The van der Waals surface area contributed by atoms with Gasteiger partial charge in [-0.1, -0.05) is 12.5 Å². The minimum absolute atomic E-state index is 0.174. The first-order valence-electron chi connectivity index (χ1n) is 7.65. The molecular weight excluding hydrogens is 311 g/mol. The van der Waals surface area contributed by atoms with Crippen molar-refractivity contribution >= 4 is 5.97 Å². The SMILES string of the molecule is O=C(O)C1CCCCN1CCCOc1cccc(C(F)(F)F)c1. The normalized spacial score (nSPS) is 19.5. The first kappa shape index (κ1) is 17.6. The number of hydrogen-bond acceptors (Lipinski definition) is 3. The van der Waals surface area contributed by atoms with Crippen molar-refractivity contribution in [2.24, 2.45) is 0 Å². The molecule has 1 saturated heterocycles. The summed E-state index contributed by atoms with van der Waals surface area (Å²) in [4.78, 5) is 13.1. The van der Waals surface area contributed by atoms with Crippen LogP contribution in [0.2, 0.25) is 0 Å². The molecule has 1 unspecified atom stereocenters. The van der Waals surface area contributed by atoms with Crippen molar-refractivity contribution < 1.29 is 27.8 Å². The van der Waals surface area contributed by atoms with E-state index in [4.69, 9.17) is 4.74 Å². The maximum atomic E-state index is 12.6. The minimum atomic E-state index is -4.39. The van der Waals surface area contributed by atoms with Gasteiger partial charge in [0.1, 0.15) is 11.8 Å². The van der Waals surface area contributed by atoms with Crippen molar-refractivity contribution in [2.75, 3.05) is 19.7 Å². The van der Waals surface area contributed by atoms with Crippen LogP contribution in [0.5, 0.6) is 5.75 Å². The van der Waals surface area contributed by atoms with E-state index in [2.05, 4.69) is 0 Å². The Balaban J connectivity index is 1.80. The summed E-state index contributed by atoms with van der Waals surface area (Å²) in [5.41, 5.74) is -0.739. The average Bonchev–Trinajstić information content (AvgIpc) is 2.51. The summed E-state index contributed by atoms with van der Waals surface area (Å²) < 4.78 is 43.2. The number of carboxylic acid groups (broad SMARTS) is 1. The molecule has 7 heteroatoms. The zero-order chi connectivity index (χ0) is 16.9. The van der Waals surface area contributed by atoms with Gasteiger partial charge in [0.2, 0.25) is 0 Å². The highest BCUT2D eigenvalue weighted by Gasteiger charge is 2.30. The van der Waals surface area contributed by atoms with Crippen molar-refractivity contribution in [3.05, 3.63) is 29.8 Å². The Hall–Kier alpha value is -1.76. The number of carboxylic acids is 1. The van der Waals surface area contributed by atoms with Crippen molar-refractivity contribution in [1.29, 1.82) is 0 Å². The molecule has 128 valence electrons. The molecule has 1 atom stereocenters. The summed E-state index contributed by atoms with van der Waals surface area (Å²) in [6.07, 6.45) is -1.29. The van der Waals surface area contributed by atoms with E-state index in [1.165, 1.54) is 12.1 Å². The molecule has 0 amide bonds. The highest BCUT2D eigenvalue weighted by molar-refractivity contribution is 5.73. The average molecular weight is 331 g/mol. The minimum Gasteiger partial charge on any atom is -0.494 e. The van der Waals surface area contributed by atoms with Crippen molar-refractivity contribution in [2.45, 2.75) is 37.9 Å². The van der Waals surface area contributed by atoms with E-state index in [0.29, 0.717) is 19.4 Å². The smallest absolute Gasteiger partial charge is 0.416 e. The summed E-state index contributed by atoms with van der Waals surface area (Å²) in [6.45, 7) is 1.56. The fourth-order valence-corrected chi connectivity index (χ4v) is 2.76.